The van der Waals surface area contributed by atoms with Crippen LogP contribution in [0.3, 0.4) is 0 Å². The van der Waals surface area contributed by atoms with Crippen LogP contribution in [0.25, 0.3) is 0 Å². The number of halogens is 1. The van der Waals surface area contributed by atoms with Crippen LogP contribution in [0.2, 0.25) is 0 Å². The third-order valence-corrected chi connectivity index (χ3v) is 2.98. The first-order valence-electron chi connectivity index (χ1n) is 4.94. The van der Waals surface area contributed by atoms with Gasteiger partial charge in [-0.25, -0.2) is 4.90 Å². The maximum absolute atomic E-state index is 12.1. The number of imide groups is 1. The number of fused-ring (bicyclic) bond motifs is 1. The van der Waals surface area contributed by atoms with Crippen molar-refractivity contribution in [2.45, 2.75) is 0 Å². The van der Waals surface area contributed by atoms with Crippen LogP contribution in [0.5, 0.6) is 0 Å². The highest BCUT2D eigenvalue weighted by atomic mass is 35.5. The molecule has 0 fully saturated rings. The van der Waals surface area contributed by atoms with Crippen molar-refractivity contribution in [2.75, 3.05) is 6.61 Å². The normalized spacial score (nSPS) is 18.8. The zero-order chi connectivity index (χ0) is 12.0. The maximum Gasteiger partial charge on any atom is 0.266 e. The van der Waals surface area contributed by atoms with Crippen LogP contribution in [0, 0.1) is 0 Å². The molecule has 1 aromatic carbocycles. The molecule has 0 bridgehead atoms. The number of nitrogens with zero attached hydrogens (tertiary/aromatic N) is 1. The molecule has 0 spiro atoms. The van der Waals surface area contributed by atoms with Crippen LogP contribution < -0.4 is 5.48 Å². The Kier molecular flexibility index (Phi) is 2.17. The fourth-order valence-corrected chi connectivity index (χ4v) is 2.08. The number of amides is 2. The van der Waals surface area contributed by atoms with Gasteiger partial charge in [-0.05, 0) is 12.1 Å². The highest BCUT2D eigenvalue weighted by Gasteiger charge is 2.39. The Morgan fingerprint density at radius 2 is 1.76 bits per heavy atom. The second-order valence-electron chi connectivity index (χ2n) is 3.64. The molecule has 0 aromatic heterocycles. The quantitative estimate of drug-likeness (QED) is 0.602. The summed E-state index contributed by atoms with van der Waals surface area (Å²) in [5.74, 6) is -0.739. The Labute approximate surface area is 102 Å². The molecule has 1 aromatic rings. The number of carbonyl (C=O) groups is 2. The Morgan fingerprint density at radius 3 is 2.24 bits per heavy atom. The zero-order valence-corrected chi connectivity index (χ0v) is 9.32. The SMILES string of the molecule is O=C1c2ccccc2C(=O)N1C1=C(Cl)NOC1. The van der Waals surface area contributed by atoms with Crippen LogP contribution in [-0.4, -0.2) is 23.3 Å². The van der Waals surface area contributed by atoms with Crippen LogP contribution in [0.4, 0.5) is 0 Å². The maximum atomic E-state index is 12.1. The fraction of sp³-hybridized carbons (Fsp3) is 0.0909. The van der Waals surface area contributed by atoms with Crippen LogP contribution in [0.1, 0.15) is 20.7 Å². The number of hydroxylamine groups is 1. The smallest absolute Gasteiger partial charge is 0.266 e. The van der Waals surface area contributed by atoms with Crippen molar-refractivity contribution in [2.24, 2.45) is 0 Å². The van der Waals surface area contributed by atoms with Gasteiger partial charge in [0.2, 0.25) is 0 Å². The molecule has 0 saturated carbocycles. The van der Waals surface area contributed by atoms with E-state index in [2.05, 4.69) is 5.48 Å². The van der Waals surface area contributed by atoms with Gasteiger partial charge in [-0.15, -0.1) is 0 Å². The summed E-state index contributed by atoms with van der Waals surface area (Å²) in [6.07, 6.45) is 0. The molecule has 2 aliphatic heterocycles. The Hall–Kier alpha value is -1.85. The molecule has 2 aliphatic rings. The minimum absolute atomic E-state index is 0.0876. The fourth-order valence-electron chi connectivity index (χ4n) is 1.89. The minimum Gasteiger partial charge on any atom is -0.269 e. The molecule has 0 unspecified atom stereocenters. The van der Waals surface area contributed by atoms with Gasteiger partial charge < -0.3 is 0 Å². The first kappa shape index (κ1) is 10.3. The molecular weight excluding hydrogens is 244 g/mol. The monoisotopic (exact) mass is 250 g/mol. The summed E-state index contributed by atoms with van der Waals surface area (Å²) in [4.78, 5) is 30.1. The lowest BCUT2D eigenvalue weighted by Crippen LogP contribution is -2.30. The van der Waals surface area contributed by atoms with Crippen LogP contribution in [0.15, 0.2) is 35.1 Å². The molecule has 0 radical (unpaired) electrons. The Bertz CT molecular complexity index is 533. The summed E-state index contributed by atoms with van der Waals surface area (Å²) in [5, 5.41) is 0.166. The molecule has 0 atom stereocenters. The molecule has 0 aliphatic carbocycles. The number of hydrogen-bond acceptors (Lipinski definition) is 4. The molecule has 0 saturated heterocycles. The summed E-state index contributed by atoms with van der Waals surface area (Å²) >= 11 is 5.83. The second kappa shape index (κ2) is 3.58. The van der Waals surface area contributed by atoms with Crippen molar-refractivity contribution in [3.63, 3.8) is 0 Å². The van der Waals surface area contributed by atoms with Gasteiger partial charge in [-0.2, -0.15) is 0 Å². The third kappa shape index (κ3) is 1.36. The van der Waals surface area contributed by atoms with Crippen molar-refractivity contribution >= 4 is 23.4 Å². The van der Waals surface area contributed by atoms with Crippen molar-refractivity contribution in [3.8, 4) is 0 Å². The number of rotatable bonds is 1. The average Bonchev–Trinajstić information content (AvgIpc) is 2.84. The molecule has 2 heterocycles. The van der Waals surface area contributed by atoms with E-state index in [0.29, 0.717) is 16.8 Å². The highest BCUT2D eigenvalue weighted by molar-refractivity contribution is 6.31. The van der Waals surface area contributed by atoms with Gasteiger partial charge in [0, 0.05) is 0 Å². The first-order chi connectivity index (χ1) is 8.20. The van der Waals surface area contributed by atoms with E-state index in [1.54, 1.807) is 24.3 Å². The summed E-state index contributed by atoms with van der Waals surface area (Å²) < 4.78 is 0. The second-order valence-corrected chi connectivity index (χ2v) is 4.02. The van der Waals surface area contributed by atoms with Crippen molar-refractivity contribution < 1.29 is 14.4 Å². The molecular formula is C11H7ClN2O3. The lowest BCUT2D eigenvalue weighted by molar-refractivity contribution is 0.0655. The highest BCUT2D eigenvalue weighted by Crippen LogP contribution is 2.29. The predicted molar refractivity (Wildman–Crippen MR) is 58.9 cm³/mol. The van der Waals surface area contributed by atoms with Crippen LogP contribution >= 0.6 is 11.6 Å². The number of benzene rings is 1. The summed E-state index contributed by atoms with van der Waals surface area (Å²) in [5.41, 5.74) is 3.54. The first-order valence-corrected chi connectivity index (χ1v) is 5.32. The van der Waals surface area contributed by atoms with E-state index in [1.807, 2.05) is 0 Å². The van der Waals surface area contributed by atoms with Crippen molar-refractivity contribution in [1.29, 1.82) is 0 Å². The van der Waals surface area contributed by atoms with E-state index in [0.717, 1.165) is 4.90 Å². The molecule has 86 valence electrons. The zero-order valence-electron chi connectivity index (χ0n) is 8.57. The lowest BCUT2D eigenvalue weighted by atomic mass is 10.1. The van der Waals surface area contributed by atoms with Gasteiger partial charge in [0.15, 0.2) is 0 Å². The predicted octanol–water partition coefficient (Wildman–Crippen LogP) is 1.23. The molecule has 17 heavy (non-hydrogen) atoms. The summed E-state index contributed by atoms with van der Waals surface area (Å²) in [6, 6.07) is 6.67. The van der Waals surface area contributed by atoms with Crippen molar-refractivity contribution in [1.82, 2.24) is 10.4 Å². The topological polar surface area (TPSA) is 58.6 Å². The molecule has 6 heteroatoms. The van der Waals surface area contributed by atoms with E-state index in [-0.39, 0.29) is 23.6 Å². The van der Waals surface area contributed by atoms with E-state index < -0.39 is 0 Å². The van der Waals surface area contributed by atoms with E-state index in [1.165, 1.54) is 0 Å². The summed E-state index contributed by atoms with van der Waals surface area (Å²) in [7, 11) is 0. The molecule has 2 amide bonds. The average molecular weight is 251 g/mol. The number of hydrogen-bond donors (Lipinski definition) is 1. The van der Waals surface area contributed by atoms with Gasteiger partial charge in [0.1, 0.15) is 11.8 Å². The van der Waals surface area contributed by atoms with Gasteiger partial charge >= 0.3 is 0 Å². The molecule has 3 rings (SSSR count). The number of carbonyl (C=O) groups excluding carboxylic acids is 2. The van der Waals surface area contributed by atoms with E-state index in [4.69, 9.17) is 16.4 Å². The van der Waals surface area contributed by atoms with Gasteiger partial charge in [-0.3, -0.25) is 19.9 Å². The largest absolute Gasteiger partial charge is 0.269 e. The van der Waals surface area contributed by atoms with Gasteiger partial charge in [0.05, 0.1) is 16.8 Å². The van der Waals surface area contributed by atoms with Gasteiger partial charge in [-0.1, -0.05) is 23.7 Å². The van der Waals surface area contributed by atoms with Crippen LogP contribution in [-0.2, 0) is 4.84 Å². The minimum atomic E-state index is -0.369. The third-order valence-electron chi connectivity index (χ3n) is 2.69. The Balaban J connectivity index is 2.10. The lowest BCUT2D eigenvalue weighted by Gasteiger charge is -2.13. The van der Waals surface area contributed by atoms with Crippen molar-refractivity contribution in [3.05, 3.63) is 46.2 Å². The van der Waals surface area contributed by atoms with E-state index in [9.17, 15) is 9.59 Å². The summed E-state index contributed by atoms with van der Waals surface area (Å²) in [6.45, 7) is 0.0876. The standard InChI is InChI=1S/C11H7ClN2O3/c12-9-8(5-17-13-9)14-10(15)6-3-1-2-4-7(6)11(14)16/h1-4,13H,5H2. The molecule has 5 nitrogen and oxygen atoms in total. The van der Waals surface area contributed by atoms with E-state index >= 15 is 0 Å². The van der Waals surface area contributed by atoms with Gasteiger partial charge in [0.25, 0.3) is 11.8 Å². The number of nitrogens with one attached hydrogen (secondary N) is 1. The molecule has 1 N–H and O–H groups in total. The Morgan fingerprint density at radius 1 is 1.18 bits per heavy atom.